The molecule has 5 heteroatoms. The summed E-state index contributed by atoms with van der Waals surface area (Å²) in [6, 6.07) is 19.2. The zero-order valence-electron chi connectivity index (χ0n) is 13.7. The molecule has 0 radical (unpaired) electrons. The van der Waals surface area contributed by atoms with Crippen LogP contribution in [0.5, 0.6) is 0 Å². The number of piperazine rings is 1. The van der Waals surface area contributed by atoms with Crippen LogP contribution in [0.15, 0.2) is 60.2 Å². The molecule has 0 atom stereocenters. The molecule has 1 fully saturated rings. The number of amides is 1. The van der Waals surface area contributed by atoms with E-state index < -0.39 is 0 Å². The molecule has 126 valence electrons. The standard InChI is InChI=1S/C20H18ClN3O/c21-18-8-6-16(7-9-18)14-17(15-22)20(25)24-12-10-23(11-13-24)19-4-2-1-3-5-19/h1-9,14H,10-13H2/b17-14-. The molecular formula is C20H18ClN3O. The molecule has 0 bridgehead atoms. The fourth-order valence-electron chi connectivity index (χ4n) is 2.84. The van der Waals surface area contributed by atoms with Gasteiger partial charge in [-0.05, 0) is 35.9 Å². The fraction of sp³-hybridized carbons (Fsp3) is 0.200. The van der Waals surface area contributed by atoms with Crippen molar-refractivity contribution in [2.24, 2.45) is 0 Å². The lowest BCUT2D eigenvalue weighted by atomic mass is 10.1. The normalized spacial score (nSPS) is 15.0. The molecule has 1 aliphatic heterocycles. The van der Waals surface area contributed by atoms with Crippen LogP contribution in [0.25, 0.3) is 6.08 Å². The SMILES string of the molecule is N#C/C(=C/c1ccc(Cl)cc1)C(=O)N1CCN(c2ccccc2)CC1. The maximum Gasteiger partial charge on any atom is 0.264 e. The van der Waals surface area contributed by atoms with Gasteiger partial charge in [0.15, 0.2) is 0 Å². The van der Waals surface area contributed by atoms with E-state index in [4.69, 9.17) is 11.6 Å². The highest BCUT2D eigenvalue weighted by Crippen LogP contribution is 2.18. The van der Waals surface area contributed by atoms with Crippen molar-refractivity contribution in [1.29, 1.82) is 5.26 Å². The summed E-state index contributed by atoms with van der Waals surface area (Å²) in [7, 11) is 0. The largest absolute Gasteiger partial charge is 0.368 e. The van der Waals surface area contributed by atoms with Gasteiger partial charge in [-0.1, -0.05) is 41.9 Å². The van der Waals surface area contributed by atoms with Crippen LogP contribution in [0, 0.1) is 11.3 Å². The van der Waals surface area contributed by atoms with E-state index in [0.717, 1.165) is 24.3 Å². The number of anilines is 1. The zero-order chi connectivity index (χ0) is 17.6. The lowest BCUT2D eigenvalue weighted by molar-refractivity contribution is -0.126. The number of nitrogens with zero attached hydrogens (tertiary/aromatic N) is 3. The quantitative estimate of drug-likeness (QED) is 0.627. The highest BCUT2D eigenvalue weighted by molar-refractivity contribution is 6.30. The third-order valence-electron chi connectivity index (χ3n) is 4.22. The van der Waals surface area contributed by atoms with E-state index in [2.05, 4.69) is 17.0 Å². The molecule has 0 aromatic heterocycles. The number of hydrogen-bond donors (Lipinski definition) is 0. The Bertz CT molecular complexity index is 801. The molecule has 0 saturated carbocycles. The van der Waals surface area contributed by atoms with Gasteiger partial charge in [-0.25, -0.2) is 0 Å². The van der Waals surface area contributed by atoms with Gasteiger partial charge in [-0.3, -0.25) is 4.79 Å². The molecular weight excluding hydrogens is 334 g/mol. The van der Waals surface area contributed by atoms with E-state index >= 15 is 0 Å². The zero-order valence-corrected chi connectivity index (χ0v) is 14.5. The van der Waals surface area contributed by atoms with Gasteiger partial charge in [0.25, 0.3) is 5.91 Å². The molecule has 2 aromatic rings. The summed E-state index contributed by atoms with van der Waals surface area (Å²) in [4.78, 5) is 16.6. The van der Waals surface area contributed by atoms with Crippen LogP contribution >= 0.6 is 11.6 Å². The first-order valence-corrected chi connectivity index (χ1v) is 8.52. The van der Waals surface area contributed by atoms with Gasteiger partial charge < -0.3 is 9.80 Å². The number of carbonyl (C=O) groups is 1. The third kappa shape index (κ3) is 4.20. The summed E-state index contributed by atoms with van der Waals surface area (Å²) in [6.45, 7) is 2.73. The van der Waals surface area contributed by atoms with Gasteiger partial charge in [0.1, 0.15) is 11.6 Å². The topological polar surface area (TPSA) is 47.3 Å². The van der Waals surface area contributed by atoms with Gasteiger partial charge in [-0.2, -0.15) is 5.26 Å². The minimum absolute atomic E-state index is 0.149. The number of benzene rings is 2. The molecule has 3 rings (SSSR count). The summed E-state index contributed by atoms with van der Waals surface area (Å²) in [5.74, 6) is -0.217. The molecule has 0 spiro atoms. The molecule has 1 heterocycles. The Morgan fingerprint density at radius 1 is 1.00 bits per heavy atom. The lowest BCUT2D eigenvalue weighted by Gasteiger charge is -2.36. The van der Waals surface area contributed by atoms with Crippen molar-refractivity contribution < 1.29 is 4.79 Å². The minimum atomic E-state index is -0.217. The van der Waals surface area contributed by atoms with Gasteiger partial charge in [0.2, 0.25) is 0 Å². The van der Waals surface area contributed by atoms with Crippen molar-refractivity contribution in [3.8, 4) is 6.07 Å². The number of hydrogen-bond acceptors (Lipinski definition) is 3. The van der Waals surface area contributed by atoms with Crippen molar-refractivity contribution in [1.82, 2.24) is 4.90 Å². The minimum Gasteiger partial charge on any atom is -0.368 e. The fourth-order valence-corrected chi connectivity index (χ4v) is 2.97. The second kappa shape index (κ2) is 7.87. The molecule has 0 aliphatic carbocycles. The molecule has 25 heavy (non-hydrogen) atoms. The molecule has 1 aliphatic rings. The average molecular weight is 352 g/mol. The van der Waals surface area contributed by atoms with Crippen molar-refractivity contribution in [3.05, 3.63) is 70.8 Å². The van der Waals surface area contributed by atoms with Crippen LogP contribution in [0.3, 0.4) is 0 Å². The van der Waals surface area contributed by atoms with E-state index in [1.54, 1.807) is 35.2 Å². The highest BCUT2D eigenvalue weighted by Gasteiger charge is 2.23. The van der Waals surface area contributed by atoms with Gasteiger partial charge in [0, 0.05) is 36.9 Å². The van der Waals surface area contributed by atoms with E-state index in [1.807, 2.05) is 24.3 Å². The van der Waals surface area contributed by atoms with Crippen LogP contribution in [-0.2, 0) is 4.79 Å². The van der Waals surface area contributed by atoms with Crippen molar-refractivity contribution >= 4 is 29.3 Å². The van der Waals surface area contributed by atoms with Crippen LogP contribution in [0.2, 0.25) is 5.02 Å². The van der Waals surface area contributed by atoms with Crippen LogP contribution in [0.4, 0.5) is 5.69 Å². The van der Waals surface area contributed by atoms with Crippen molar-refractivity contribution in [2.45, 2.75) is 0 Å². The Balaban J connectivity index is 1.66. The van der Waals surface area contributed by atoms with E-state index in [9.17, 15) is 10.1 Å². The van der Waals surface area contributed by atoms with Crippen LogP contribution in [-0.4, -0.2) is 37.0 Å². The number of carbonyl (C=O) groups excluding carboxylic acids is 1. The number of para-hydroxylation sites is 1. The van der Waals surface area contributed by atoms with E-state index in [0.29, 0.717) is 18.1 Å². The Morgan fingerprint density at radius 2 is 1.64 bits per heavy atom. The second-order valence-electron chi connectivity index (χ2n) is 5.84. The van der Waals surface area contributed by atoms with Crippen LogP contribution < -0.4 is 4.90 Å². The lowest BCUT2D eigenvalue weighted by Crippen LogP contribution is -2.49. The Hall–Kier alpha value is -2.77. The summed E-state index contributed by atoms with van der Waals surface area (Å²) in [5, 5.41) is 9.99. The summed E-state index contributed by atoms with van der Waals surface area (Å²) < 4.78 is 0. The molecule has 0 N–H and O–H groups in total. The molecule has 1 saturated heterocycles. The highest BCUT2D eigenvalue weighted by atomic mass is 35.5. The predicted molar refractivity (Wildman–Crippen MR) is 100 cm³/mol. The Kier molecular flexibility index (Phi) is 5.37. The first-order valence-electron chi connectivity index (χ1n) is 8.14. The maximum atomic E-state index is 12.6. The van der Waals surface area contributed by atoms with Gasteiger partial charge in [-0.15, -0.1) is 0 Å². The number of nitriles is 1. The van der Waals surface area contributed by atoms with E-state index in [-0.39, 0.29) is 11.5 Å². The number of rotatable bonds is 3. The summed E-state index contributed by atoms with van der Waals surface area (Å²) in [6.07, 6.45) is 1.61. The Labute approximate surface area is 152 Å². The summed E-state index contributed by atoms with van der Waals surface area (Å²) >= 11 is 5.87. The predicted octanol–water partition coefficient (Wildman–Crippen LogP) is 3.60. The van der Waals surface area contributed by atoms with Gasteiger partial charge >= 0.3 is 0 Å². The first-order chi connectivity index (χ1) is 12.2. The smallest absolute Gasteiger partial charge is 0.264 e. The van der Waals surface area contributed by atoms with Crippen LogP contribution in [0.1, 0.15) is 5.56 Å². The third-order valence-corrected chi connectivity index (χ3v) is 4.47. The average Bonchev–Trinajstić information content (AvgIpc) is 2.68. The molecule has 4 nitrogen and oxygen atoms in total. The molecule has 2 aromatic carbocycles. The summed E-state index contributed by atoms with van der Waals surface area (Å²) in [5.41, 5.74) is 2.10. The first kappa shape index (κ1) is 17.1. The second-order valence-corrected chi connectivity index (χ2v) is 6.27. The Morgan fingerprint density at radius 3 is 2.24 bits per heavy atom. The monoisotopic (exact) mass is 351 g/mol. The number of halogens is 1. The van der Waals surface area contributed by atoms with Gasteiger partial charge in [0.05, 0.1) is 0 Å². The molecule has 0 unspecified atom stereocenters. The van der Waals surface area contributed by atoms with Crippen molar-refractivity contribution in [2.75, 3.05) is 31.1 Å². The van der Waals surface area contributed by atoms with E-state index in [1.165, 1.54) is 0 Å². The maximum absolute atomic E-state index is 12.6. The molecule has 1 amide bonds. The van der Waals surface area contributed by atoms with Crippen molar-refractivity contribution in [3.63, 3.8) is 0 Å².